The van der Waals surface area contributed by atoms with Crippen LogP contribution >= 0.6 is 49.9 Å². The molecule has 0 saturated heterocycles. The van der Waals surface area contributed by atoms with Crippen LogP contribution in [0.2, 0.25) is 0 Å². The lowest BCUT2D eigenvalue weighted by Gasteiger charge is -2.06. The van der Waals surface area contributed by atoms with Gasteiger partial charge >= 0.3 is 0 Å². The highest BCUT2D eigenvalue weighted by Gasteiger charge is 1.99. The number of rotatable bonds is 3. The molecule has 0 unspecified atom stereocenters. The van der Waals surface area contributed by atoms with Crippen molar-refractivity contribution < 1.29 is 0 Å². The molecule has 0 saturated carbocycles. The molecule has 0 radical (unpaired) electrons. The molecule has 15 heavy (non-hydrogen) atoms. The average Bonchev–Trinajstić information content (AvgIpc) is 2.63. The van der Waals surface area contributed by atoms with Gasteiger partial charge in [0.2, 0.25) is 0 Å². The number of benzene rings is 1. The van der Waals surface area contributed by atoms with Crippen molar-refractivity contribution in [1.29, 1.82) is 0 Å². The van der Waals surface area contributed by atoms with Gasteiger partial charge in [-0.3, -0.25) is 0 Å². The van der Waals surface area contributed by atoms with Crippen LogP contribution in [0.4, 0.5) is 5.69 Å². The fourth-order valence-electron chi connectivity index (χ4n) is 1.23. The molecule has 4 heteroatoms. The van der Waals surface area contributed by atoms with Gasteiger partial charge < -0.3 is 5.32 Å². The van der Waals surface area contributed by atoms with Crippen molar-refractivity contribution in [2.45, 2.75) is 6.54 Å². The molecule has 0 aliphatic carbocycles. The number of para-hydroxylation sites is 1. The summed E-state index contributed by atoms with van der Waals surface area (Å²) in [5.74, 6) is 0. The van der Waals surface area contributed by atoms with E-state index in [0.717, 1.165) is 6.54 Å². The van der Waals surface area contributed by atoms with Crippen LogP contribution in [-0.2, 0) is 6.54 Å². The Morgan fingerprint density at radius 3 is 2.67 bits per heavy atom. The normalized spacial score (nSPS) is 10.3. The Bertz CT molecular complexity index is 455. The van der Waals surface area contributed by atoms with E-state index in [0.29, 0.717) is 0 Å². The number of anilines is 1. The standard InChI is InChI=1S/C11H9BrINS/c12-11-6-5-8(15-11)7-14-10-4-2-1-3-9(10)13/h1-6,14H,7H2. The van der Waals surface area contributed by atoms with E-state index in [1.165, 1.54) is 17.9 Å². The van der Waals surface area contributed by atoms with Crippen LogP contribution in [0.1, 0.15) is 4.88 Å². The van der Waals surface area contributed by atoms with Crippen molar-refractivity contribution in [3.05, 3.63) is 48.6 Å². The van der Waals surface area contributed by atoms with Gasteiger partial charge in [0.15, 0.2) is 0 Å². The lowest BCUT2D eigenvalue weighted by Crippen LogP contribution is -1.98. The van der Waals surface area contributed by atoms with Crippen LogP contribution in [0.15, 0.2) is 40.2 Å². The van der Waals surface area contributed by atoms with Gasteiger partial charge in [-0.15, -0.1) is 11.3 Å². The highest BCUT2D eigenvalue weighted by molar-refractivity contribution is 14.1. The molecule has 1 heterocycles. The topological polar surface area (TPSA) is 12.0 Å². The van der Waals surface area contributed by atoms with Gasteiger partial charge in [0.1, 0.15) is 0 Å². The molecule has 0 aliphatic heterocycles. The molecular weight excluding hydrogens is 385 g/mol. The highest BCUT2D eigenvalue weighted by Crippen LogP contribution is 2.24. The van der Waals surface area contributed by atoms with Crippen LogP contribution in [0, 0.1) is 3.57 Å². The van der Waals surface area contributed by atoms with E-state index in [1.54, 1.807) is 11.3 Å². The van der Waals surface area contributed by atoms with Gasteiger partial charge in [0.25, 0.3) is 0 Å². The zero-order valence-corrected chi connectivity index (χ0v) is 12.4. The molecular formula is C11H9BrINS. The molecule has 1 aromatic carbocycles. The van der Waals surface area contributed by atoms with Crippen molar-refractivity contribution in [2.24, 2.45) is 0 Å². The van der Waals surface area contributed by atoms with Gasteiger partial charge in [-0.2, -0.15) is 0 Å². The van der Waals surface area contributed by atoms with E-state index in [9.17, 15) is 0 Å². The van der Waals surface area contributed by atoms with Gasteiger partial charge in [-0.25, -0.2) is 0 Å². The first-order valence-electron chi connectivity index (χ1n) is 4.48. The maximum atomic E-state index is 3.46. The van der Waals surface area contributed by atoms with Gasteiger partial charge in [-0.1, -0.05) is 12.1 Å². The summed E-state index contributed by atoms with van der Waals surface area (Å²) in [6, 6.07) is 12.5. The predicted molar refractivity (Wildman–Crippen MR) is 78.5 cm³/mol. The van der Waals surface area contributed by atoms with Crippen molar-refractivity contribution in [3.8, 4) is 0 Å². The molecule has 0 atom stereocenters. The van der Waals surface area contributed by atoms with Crippen molar-refractivity contribution in [3.63, 3.8) is 0 Å². The Kier molecular flexibility index (Phi) is 4.05. The molecule has 0 bridgehead atoms. The molecule has 1 nitrogen and oxygen atoms in total. The Balaban J connectivity index is 2.02. The molecule has 0 fully saturated rings. The fraction of sp³-hybridized carbons (Fsp3) is 0.0909. The molecule has 1 aromatic heterocycles. The maximum Gasteiger partial charge on any atom is 0.0702 e. The van der Waals surface area contributed by atoms with Gasteiger partial charge in [0, 0.05) is 20.7 Å². The molecule has 78 valence electrons. The van der Waals surface area contributed by atoms with Crippen LogP contribution in [-0.4, -0.2) is 0 Å². The van der Waals surface area contributed by atoms with Crippen molar-refractivity contribution in [1.82, 2.24) is 0 Å². The second-order valence-corrected chi connectivity index (χ2v) is 6.75. The minimum atomic E-state index is 0.885. The van der Waals surface area contributed by atoms with E-state index in [-0.39, 0.29) is 0 Å². The Morgan fingerprint density at radius 2 is 2.00 bits per heavy atom. The van der Waals surface area contributed by atoms with E-state index in [2.05, 4.69) is 80.2 Å². The molecule has 2 rings (SSSR count). The van der Waals surface area contributed by atoms with E-state index < -0.39 is 0 Å². The predicted octanol–water partition coefficient (Wildman–Crippen LogP) is 4.73. The molecule has 0 spiro atoms. The first kappa shape index (κ1) is 11.4. The minimum Gasteiger partial charge on any atom is -0.379 e. The number of thiophene rings is 1. The average molecular weight is 394 g/mol. The summed E-state index contributed by atoms with van der Waals surface area (Å²) >= 11 is 7.57. The van der Waals surface area contributed by atoms with E-state index in [4.69, 9.17) is 0 Å². The third kappa shape index (κ3) is 3.19. The summed E-state index contributed by atoms with van der Waals surface area (Å²) in [6.07, 6.45) is 0. The largest absolute Gasteiger partial charge is 0.379 e. The van der Waals surface area contributed by atoms with E-state index in [1.807, 2.05) is 0 Å². The van der Waals surface area contributed by atoms with Gasteiger partial charge in [0.05, 0.1) is 3.79 Å². The lowest BCUT2D eigenvalue weighted by atomic mass is 10.3. The quantitative estimate of drug-likeness (QED) is 0.743. The van der Waals surface area contributed by atoms with Crippen LogP contribution in [0.3, 0.4) is 0 Å². The third-order valence-corrected chi connectivity index (χ3v) is 4.52. The monoisotopic (exact) mass is 393 g/mol. The Hall–Kier alpha value is -0.0700. The third-order valence-electron chi connectivity index (χ3n) is 1.96. The first-order chi connectivity index (χ1) is 7.25. The Morgan fingerprint density at radius 1 is 1.20 bits per heavy atom. The van der Waals surface area contributed by atoms with Crippen LogP contribution < -0.4 is 5.32 Å². The van der Waals surface area contributed by atoms with Crippen molar-refractivity contribution >= 4 is 55.5 Å². The summed E-state index contributed by atoms with van der Waals surface area (Å²) in [4.78, 5) is 1.33. The summed E-state index contributed by atoms with van der Waals surface area (Å²) in [7, 11) is 0. The number of hydrogen-bond acceptors (Lipinski definition) is 2. The fourth-order valence-corrected chi connectivity index (χ4v) is 3.23. The zero-order chi connectivity index (χ0) is 10.7. The number of halogens is 2. The minimum absolute atomic E-state index is 0.885. The SMILES string of the molecule is Brc1ccc(CNc2ccccc2I)s1. The molecule has 0 amide bonds. The molecule has 0 aliphatic rings. The summed E-state index contributed by atoms with van der Waals surface area (Å²) in [6.45, 7) is 0.885. The maximum absolute atomic E-state index is 3.46. The molecule has 1 N–H and O–H groups in total. The number of hydrogen-bond donors (Lipinski definition) is 1. The smallest absolute Gasteiger partial charge is 0.0702 e. The van der Waals surface area contributed by atoms with Crippen LogP contribution in [0.5, 0.6) is 0 Å². The van der Waals surface area contributed by atoms with Crippen molar-refractivity contribution in [2.75, 3.05) is 5.32 Å². The van der Waals surface area contributed by atoms with Gasteiger partial charge in [-0.05, 0) is 62.8 Å². The second kappa shape index (κ2) is 5.32. The van der Waals surface area contributed by atoms with Crippen LogP contribution in [0.25, 0.3) is 0 Å². The zero-order valence-electron chi connectivity index (χ0n) is 7.84. The first-order valence-corrected chi connectivity index (χ1v) is 7.17. The highest BCUT2D eigenvalue weighted by atomic mass is 127. The van der Waals surface area contributed by atoms with E-state index >= 15 is 0 Å². The summed E-state index contributed by atoms with van der Waals surface area (Å²) < 4.78 is 2.44. The molecule has 2 aromatic rings. The summed E-state index contributed by atoms with van der Waals surface area (Å²) in [5, 5.41) is 3.42. The number of nitrogens with one attached hydrogen (secondary N) is 1. The summed E-state index contributed by atoms with van der Waals surface area (Å²) in [5.41, 5.74) is 1.20. The lowest BCUT2D eigenvalue weighted by molar-refractivity contribution is 1.19. The second-order valence-electron chi connectivity index (χ2n) is 3.04. The Labute approximate surface area is 115 Å².